The van der Waals surface area contributed by atoms with E-state index >= 15 is 0 Å². The topological polar surface area (TPSA) is 72.8 Å². The first-order chi connectivity index (χ1) is 7.60. The van der Waals surface area contributed by atoms with E-state index in [4.69, 9.17) is 9.47 Å². The lowest BCUT2D eigenvalue weighted by Gasteiger charge is -2.10. The lowest BCUT2D eigenvalue weighted by molar-refractivity contribution is -0.126. The number of ether oxygens (including phenoxy) is 2. The van der Waals surface area contributed by atoms with Gasteiger partial charge in [0.05, 0.1) is 13.2 Å². The zero-order valence-electron chi connectivity index (χ0n) is 9.90. The monoisotopic (exact) mass is 232 g/mol. The second-order valence-corrected chi connectivity index (χ2v) is 3.47. The number of carbonyl (C=O) groups is 2. The van der Waals surface area contributed by atoms with Crippen LogP contribution in [-0.4, -0.2) is 49.2 Å². The number of ketones is 2. The summed E-state index contributed by atoms with van der Waals surface area (Å²) in [6, 6.07) is 0. The Labute approximate surface area is 95.7 Å². The maximum absolute atomic E-state index is 10.9. The smallest absolute Gasteiger partial charge is 0.158 e. The molecule has 0 unspecified atom stereocenters. The fourth-order valence-corrected chi connectivity index (χ4v) is 0.870. The molecule has 5 nitrogen and oxygen atoms in total. The van der Waals surface area contributed by atoms with Gasteiger partial charge < -0.3 is 14.6 Å². The van der Waals surface area contributed by atoms with Crippen molar-refractivity contribution in [3.63, 3.8) is 0 Å². The molecule has 16 heavy (non-hydrogen) atoms. The first-order valence-electron chi connectivity index (χ1n) is 5.47. The summed E-state index contributed by atoms with van der Waals surface area (Å²) in [6.07, 6.45) is 0.0594. The van der Waals surface area contributed by atoms with Crippen molar-refractivity contribution in [3.05, 3.63) is 0 Å². The van der Waals surface area contributed by atoms with Crippen LogP contribution < -0.4 is 0 Å². The van der Waals surface area contributed by atoms with Crippen LogP contribution in [0.15, 0.2) is 0 Å². The van der Waals surface area contributed by atoms with Crippen molar-refractivity contribution < 1.29 is 24.2 Å². The highest BCUT2D eigenvalue weighted by Crippen LogP contribution is 1.91. The molecule has 0 aliphatic heterocycles. The van der Waals surface area contributed by atoms with Crippen LogP contribution in [0.1, 0.15) is 26.7 Å². The molecule has 0 heterocycles. The summed E-state index contributed by atoms with van der Waals surface area (Å²) in [4.78, 5) is 21.7. The third-order valence-electron chi connectivity index (χ3n) is 1.94. The highest BCUT2D eigenvalue weighted by atomic mass is 16.5. The SMILES string of the molecule is CCC(=O)COCC(O)COCC(=O)CC. The Kier molecular flexibility index (Phi) is 8.99. The molecule has 0 aliphatic rings. The van der Waals surface area contributed by atoms with E-state index in [0.717, 1.165) is 0 Å². The highest BCUT2D eigenvalue weighted by Gasteiger charge is 2.07. The summed E-state index contributed by atoms with van der Waals surface area (Å²) < 4.78 is 9.93. The fourth-order valence-electron chi connectivity index (χ4n) is 0.870. The normalized spacial score (nSPS) is 10.8. The minimum atomic E-state index is -0.797. The molecule has 0 aromatic carbocycles. The zero-order chi connectivity index (χ0) is 12.4. The van der Waals surface area contributed by atoms with Crippen molar-refractivity contribution in [2.75, 3.05) is 26.4 Å². The van der Waals surface area contributed by atoms with Crippen LogP contribution >= 0.6 is 0 Å². The quantitative estimate of drug-likeness (QED) is 0.588. The average Bonchev–Trinajstić information content (AvgIpc) is 2.28. The Morgan fingerprint density at radius 2 is 1.38 bits per heavy atom. The van der Waals surface area contributed by atoms with Crippen molar-refractivity contribution in [2.45, 2.75) is 32.8 Å². The molecular weight excluding hydrogens is 212 g/mol. The largest absolute Gasteiger partial charge is 0.388 e. The molecule has 94 valence electrons. The van der Waals surface area contributed by atoms with Gasteiger partial charge in [0.1, 0.15) is 19.3 Å². The van der Waals surface area contributed by atoms with Gasteiger partial charge in [-0.3, -0.25) is 9.59 Å². The highest BCUT2D eigenvalue weighted by molar-refractivity contribution is 5.79. The number of hydrogen-bond donors (Lipinski definition) is 1. The second-order valence-electron chi connectivity index (χ2n) is 3.47. The molecule has 5 heteroatoms. The van der Waals surface area contributed by atoms with Gasteiger partial charge >= 0.3 is 0 Å². The maximum Gasteiger partial charge on any atom is 0.158 e. The Hall–Kier alpha value is -0.780. The summed E-state index contributed by atoms with van der Waals surface area (Å²) in [5, 5.41) is 9.35. The third-order valence-corrected chi connectivity index (χ3v) is 1.94. The van der Waals surface area contributed by atoms with E-state index < -0.39 is 6.10 Å². The predicted octanol–water partition coefficient (Wildman–Crippen LogP) is 0.339. The Balaban J connectivity index is 3.41. The fraction of sp³-hybridized carbons (Fsp3) is 0.818. The minimum absolute atomic E-state index is 0.00530. The van der Waals surface area contributed by atoms with Crippen LogP contribution in [0.4, 0.5) is 0 Å². The number of aliphatic hydroxyl groups is 1. The number of hydrogen-bond acceptors (Lipinski definition) is 5. The van der Waals surface area contributed by atoms with Crippen LogP contribution in [0.25, 0.3) is 0 Å². The van der Waals surface area contributed by atoms with Gasteiger partial charge in [-0.25, -0.2) is 0 Å². The van der Waals surface area contributed by atoms with E-state index in [2.05, 4.69) is 0 Å². The van der Waals surface area contributed by atoms with E-state index in [-0.39, 0.29) is 38.0 Å². The van der Waals surface area contributed by atoms with Crippen molar-refractivity contribution >= 4 is 11.6 Å². The van der Waals surface area contributed by atoms with Crippen LogP contribution in [0.5, 0.6) is 0 Å². The summed E-state index contributed by atoms with van der Waals surface area (Å²) in [5.74, 6) is -0.0106. The summed E-state index contributed by atoms with van der Waals surface area (Å²) in [6.45, 7) is 3.63. The molecule has 0 rings (SSSR count). The number of aliphatic hydroxyl groups excluding tert-OH is 1. The standard InChI is InChI=1S/C11H20O5/c1-3-9(12)5-15-7-11(14)8-16-6-10(13)4-2/h11,14H,3-8H2,1-2H3. The summed E-state index contributed by atoms with van der Waals surface area (Å²) in [5.41, 5.74) is 0. The van der Waals surface area contributed by atoms with Crippen LogP contribution in [0.3, 0.4) is 0 Å². The Bertz CT molecular complexity index is 192. The van der Waals surface area contributed by atoms with Crippen LogP contribution in [0, 0.1) is 0 Å². The van der Waals surface area contributed by atoms with Crippen molar-refractivity contribution in [1.29, 1.82) is 0 Å². The second kappa shape index (κ2) is 9.45. The minimum Gasteiger partial charge on any atom is -0.388 e. The number of carbonyl (C=O) groups excluding carboxylic acids is 2. The molecule has 0 aromatic rings. The zero-order valence-corrected chi connectivity index (χ0v) is 9.90. The van der Waals surface area contributed by atoms with Gasteiger partial charge in [0.2, 0.25) is 0 Å². The van der Waals surface area contributed by atoms with Gasteiger partial charge in [-0.05, 0) is 0 Å². The van der Waals surface area contributed by atoms with Gasteiger partial charge in [-0.2, -0.15) is 0 Å². The van der Waals surface area contributed by atoms with E-state index in [1.54, 1.807) is 13.8 Å². The van der Waals surface area contributed by atoms with Gasteiger partial charge in [-0.15, -0.1) is 0 Å². The van der Waals surface area contributed by atoms with Crippen molar-refractivity contribution in [2.24, 2.45) is 0 Å². The van der Waals surface area contributed by atoms with E-state index in [1.165, 1.54) is 0 Å². The maximum atomic E-state index is 10.9. The van der Waals surface area contributed by atoms with Gasteiger partial charge in [0.15, 0.2) is 11.6 Å². The first-order valence-corrected chi connectivity index (χ1v) is 5.47. The van der Waals surface area contributed by atoms with E-state index in [1.807, 2.05) is 0 Å². The average molecular weight is 232 g/mol. The number of Topliss-reactive ketones (excluding diaryl/α,β-unsaturated/α-hetero) is 2. The summed E-state index contributed by atoms with van der Waals surface area (Å²) in [7, 11) is 0. The molecule has 0 fully saturated rings. The van der Waals surface area contributed by atoms with E-state index in [9.17, 15) is 14.7 Å². The third kappa shape index (κ3) is 8.52. The molecule has 0 saturated carbocycles. The van der Waals surface area contributed by atoms with Crippen LogP contribution in [-0.2, 0) is 19.1 Å². The lowest BCUT2D eigenvalue weighted by Crippen LogP contribution is -2.24. The first kappa shape index (κ1) is 15.2. The molecule has 0 atom stereocenters. The van der Waals surface area contributed by atoms with E-state index in [0.29, 0.717) is 12.8 Å². The molecule has 0 amide bonds. The molecule has 0 radical (unpaired) electrons. The molecule has 0 bridgehead atoms. The van der Waals surface area contributed by atoms with Crippen LogP contribution in [0.2, 0.25) is 0 Å². The number of rotatable bonds is 10. The van der Waals surface area contributed by atoms with Gasteiger partial charge in [0, 0.05) is 12.8 Å². The van der Waals surface area contributed by atoms with Gasteiger partial charge in [0.25, 0.3) is 0 Å². The van der Waals surface area contributed by atoms with Crippen molar-refractivity contribution in [1.82, 2.24) is 0 Å². The molecule has 0 aromatic heterocycles. The Morgan fingerprint density at radius 1 is 1.00 bits per heavy atom. The lowest BCUT2D eigenvalue weighted by atomic mass is 10.3. The predicted molar refractivity (Wildman–Crippen MR) is 58.2 cm³/mol. The molecule has 0 aliphatic carbocycles. The van der Waals surface area contributed by atoms with Gasteiger partial charge in [-0.1, -0.05) is 13.8 Å². The van der Waals surface area contributed by atoms with Crippen molar-refractivity contribution in [3.8, 4) is 0 Å². The molecule has 0 saturated heterocycles. The Morgan fingerprint density at radius 3 is 1.69 bits per heavy atom. The molecule has 1 N–H and O–H groups in total. The summed E-state index contributed by atoms with van der Waals surface area (Å²) >= 11 is 0. The molecular formula is C11H20O5. The molecule has 0 spiro atoms.